The molecule has 0 aliphatic heterocycles. The second kappa shape index (κ2) is 4.74. The molecular weight excluding hydrogens is 178 g/mol. The van der Waals surface area contributed by atoms with Crippen molar-refractivity contribution in [1.29, 1.82) is 0 Å². The summed E-state index contributed by atoms with van der Waals surface area (Å²) in [5.41, 5.74) is 2.07. The van der Waals surface area contributed by atoms with Gasteiger partial charge in [0.05, 0.1) is 5.92 Å². The molecule has 14 heavy (non-hydrogen) atoms. The predicted molar refractivity (Wildman–Crippen MR) is 54.1 cm³/mol. The number of aliphatic carboxylic acids is 1. The molecule has 0 amide bonds. The summed E-state index contributed by atoms with van der Waals surface area (Å²) in [7, 11) is 0. The Morgan fingerprint density at radius 3 is 2.79 bits per heavy atom. The van der Waals surface area contributed by atoms with Crippen molar-refractivity contribution in [2.75, 3.05) is 0 Å². The summed E-state index contributed by atoms with van der Waals surface area (Å²) in [4.78, 5) is 14.8. The van der Waals surface area contributed by atoms with Gasteiger partial charge in [0.25, 0.3) is 0 Å². The smallest absolute Gasteiger partial charge is 0.306 e. The summed E-state index contributed by atoms with van der Waals surface area (Å²) in [6.45, 7) is 3.85. The highest BCUT2D eigenvalue weighted by molar-refractivity contribution is 5.70. The van der Waals surface area contributed by atoms with Gasteiger partial charge in [-0.25, -0.2) is 0 Å². The summed E-state index contributed by atoms with van der Waals surface area (Å²) in [5, 5.41) is 8.88. The van der Waals surface area contributed by atoms with Gasteiger partial charge in [-0.2, -0.15) is 0 Å². The lowest BCUT2D eigenvalue weighted by molar-refractivity contribution is -0.141. The fourth-order valence-electron chi connectivity index (χ4n) is 1.42. The van der Waals surface area contributed by atoms with Crippen LogP contribution in [0.2, 0.25) is 0 Å². The number of aryl methyl sites for hydroxylation is 1. The van der Waals surface area contributed by atoms with Gasteiger partial charge in [-0.05, 0) is 30.9 Å². The fraction of sp³-hybridized carbons (Fsp3) is 0.455. The van der Waals surface area contributed by atoms with Crippen LogP contribution in [0.5, 0.6) is 0 Å². The molecule has 1 rings (SSSR count). The SMILES string of the molecule is CCC(Cc1cncc(C)c1)C(=O)O. The quantitative estimate of drug-likeness (QED) is 0.796. The Bertz CT molecular complexity index is 323. The van der Waals surface area contributed by atoms with E-state index in [1.54, 1.807) is 12.4 Å². The van der Waals surface area contributed by atoms with E-state index in [4.69, 9.17) is 5.11 Å². The van der Waals surface area contributed by atoms with Crippen molar-refractivity contribution in [3.8, 4) is 0 Å². The Morgan fingerprint density at radius 1 is 1.57 bits per heavy atom. The maximum Gasteiger partial charge on any atom is 0.306 e. The first-order valence-corrected chi connectivity index (χ1v) is 4.76. The maximum absolute atomic E-state index is 10.8. The first-order valence-electron chi connectivity index (χ1n) is 4.76. The molecule has 0 spiro atoms. The Balaban J connectivity index is 2.72. The van der Waals surface area contributed by atoms with Gasteiger partial charge in [-0.15, -0.1) is 0 Å². The first-order chi connectivity index (χ1) is 6.63. The minimum Gasteiger partial charge on any atom is -0.481 e. The number of hydrogen-bond acceptors (Lipinski definition) is 2. The van der Waals surface area contributed by atoms with E-state index in [2.05, 4.69) is 4.98 Å². The van der Waals surface area contributed by atoms with Gasteiger partial charge in [0, 0.05) is 12.4 Å². The molecule has 1 unspecified atom stereocenters. The van der Waals surface area contributed by atoms with E-state index in [1.807, 2.05) is 19.9 Å². The number of rotatable bonds is 4. The highest BCUT2D eigenvalue weighted by Gasteiger charge is 2.15. The van der Waals surface area contributed by atoms with Gasteiger partial charge in [0.1, 0.15) is 0 Å². The molecule has 0 aliphatic carbocycles. The van der Waals surface area contributed by atoms with E-state index in [1.165, 1.54) is 0 Å². The van der Waals surface area contributed by atoms with Crippen molar-refractivity contribution >= 4 is 5.97 Å². The molecule has 1 heterocycles. The standard InChI is InChI=1S/C11H15NO2/c1-3-10(11(13)14)5-9-4-8(2)6-12-7-9/h4,6-7,10H,3,5H2,1-2H3,(H,13,14). The van der Waals surface area contributed by atoms with Crippen LogP contribution in [0.15, 0.2) is 18.5 Å². The van der Waals surface area contributed by atoms with Gasteiger partial charge >= 0.3 is 5.97 Å². The Kier molecular flexibility index (Phi) is 3.63. The molecule has 3 heteroatoms. The zero-order chi connectivity index (χ0) is 10.6. The molecule has 0 aliphatic rings. The zero-order valence-electron chi connectivity index (χ0n) is 8.53. The minimum absolute atomic E-state index is 0.293. The number of carboxylic acid groups (broad SMARTS) is 1. The van der Waals surface area contributed by atoms with Crippen LogP contribution in [-0.4, -0.2) is 16.1 Å². The van der Waals surface area contributed by atoms with Crippen molar-refractivity contribution in [2.45, 2.75) is 26.7 Å². The van der Waals surface area contributed by atoms with Crippen molar-refractivity contribution in [2.24, 2.45) is 5.92 Å². The molecule has 0 aromatic carbocycles. The largest absolute Gasteiger partial charge is 0.481 e. The summed E-state index contributed by atoms with van der Waals surface area (Å²) >= 11 is 0. The predicted octanol–water partition coefficient (Wildman–Crippen LogP) is 2.04. The lowest BCUT2D eigenvalue weighted by atomic mass is 9.98. The maximum atomic E-state index is 10.8. The molecule has 1 aromatic rings. The first kappa shape index (κ1) is 10.7. The van der Waals surface area contributed by atoms with Gasteiger partial charge in [-0.3, -0.25) is 9.78 Å². The molecule has 1 atom stereocenters. The summed E-state index contributed by atoms with van der Waals surface area (Å²) in [6, 6.07) is 1.98. The summed E-state index contributed by atoms with van der Waals surface area (Å²) in [5.74, 6) is -1.02. The summed E-state index contributed by atoms with van der Waals surface area (Å²) < 4.78 is 0. The molecule has 1 N–H and O–H groups in total. The van der Waals surface area contributed by atoms with E-state index in [9.17, 15) is 4.79 Å². The number of carbonyl (C=O) groups is 1. The Morgan fingerprint density at radius 2 is 2.29 bits per heavy atom. The minimum atomic E-state index is -0.728. The average Bonchev–Trinajstić information content (AvgIpc) is 2.14. The second-order valence-corrected chi connectivity index (χ2v) is 3.52. The van der Waals surface area contributed by atoms with Crippen molar-refractivity contribution in [3.63, 3.8) is 0 Å². The molecule has 76 valence electrons. The molecule has 3 nitrogen and oxygen atoms in total. The van der Waals surface area contributed by atoms with Crippen molar-refractivity contribution < 1.29 is 9.90 Å². The van der Waals surface area contributed by atoms with Gasteiger partial charge in [-0.1, -0.05) is 13.0 Å². The van der Waals surface area contributed by atoms with E-state index in [0.717, 1.165) is 11.1 Å². The fourth-order valence-corrected chi connectivity index (χ4v) is 1.42. The zero-order valence-corrected chi connectivity index (χ0v) is 8.53. The van der Waals surface area contributed by atoms with E-state index in [0.29, 0.717) is 12.8 Å². The van der Waals surface area contributed by atoms with Crippen LogP contribution >= 0.6 is 0 Å². The molecule has 1 aromatic heterocycles. The van der Waals surface area contributed by atoms with Crippen LogP contribution in [0.4, 0.5) is 0 Å². The number of carboxylic acids is 1. The molecule has 0 saturated carbocycles. The van der Waals surface area contributed by atoms with Crippen LogP contribution < -0.4 is 0 Å². The molecule has 0 fully saturated rings. The lowest BCUT2D eigenvalue weighted by Crippen LogP contribution is -2.15. The van der Waals surface area contributed by atoms with Crippen LogP contribution in [0.3, 0.4) is 0 Å². The van der Waals surface area contributed by atoms with Crippen molar-refractivity contribution in [1.82, 2.24) is 4.98 Å². The highest BCUT2D eigenvalue weighted by Crippen LogP contribution is 2.12. The van der Waals surface area contributed by atoms with Gasteiger partial charge in [0.15, 0.2) is 0 Å². The second-order valence-electron chi connectivity index (χ2n) is 3.52. The van der Waals surface area contributed by atoms with Crippen LogP contribution in [0, 0.1) is 12.8 Å². The third-order valence-corrected chi connectivity index (χ3v) is 2.26. The van der Waals surface area contributed by atoms with Crippen LogP contribution in [-0.2, 0) is 11.2 Å². The molecule has 0 saturated heterocycles. The number of nitrogens with zero attached hydrogens (tertiary/aromatic N) is 1. The lowest BCUT2D eigenvalue weighted by Gasteiger charge is -2.09. The normalized spacial score (nSPS) is 12.4. The van der Waals surface area contributed by atoms with E-state index >= 15 is 0 Å². The third kappa shape index (κ3) is 2.83. The highest BCUT2D eigenvalue weighted by atomic mass is 16.4. The van der Waals surface area contributed by atoms with Gasteiger partial charge in [0.2, 0.25) is 0 Å². The third-order valence-electron chi connectivity index (χ3n) is 2.26. The van der Waals surface area contributed by atoms with Crippen LogP contribution in [0.25, 0.3) is 0 Å². The topological polar surface area (TPSA) is 50.2 Å². The monoisotopic (exact) mass is 193 g/mol. The van der Waals surface area contributed by atoms with E-state index < -0.39 is 5.97 Å². The molecule has 0 radical (unpaired) electrons. The summed E-state index contributed by atoms with van der Waals surface area (Å²) in [6.07, 6.45) is 4.73. The number of aromatic nitrogens is 1. The number of pyridine rings is 1. The molecule has 0 bridgehead atoms. The van der Waals surface area contributed by atoms with Crippen molar-refractivity contribution in [3.05, 3.63) is 29.6 Å². The Hall–Kier alpha value is -1.38. The average molecular weight is 193 g/mol. The van der Waals surface area contributed by atoms with Gasteiger partial charge < -0.3 is 5.11 Å². The van der Waals surface area contributed by atoms with E-state index in [-0.39, 0.29) is 5.92 Å². The molecular formula is C11H15NO2. The van der Waals surface area contributed by atoms with Crippen LogP contribution in [0.1, 0.15) is 24.5 Å². The Labute approximate surface area is 83.8 Å². The number of hydrogen-bond donors (Lipinski definition) is 1.